The first kappa shape index (κ1) is 14.9. The lowest BCUT2D eigenvalue weighted by Crippen LogP contribution is -2.06. The quantitative estimate of drug-likeness (QED) is 0.645. The molecule has 1 N–H and O–H groups in total. The fourth-order valence-corrected chi connectivity index (χ4v) is 1.81. The first-order valence-corrected chi connectivity index (χ1v) is 6.88. The fourth-order valence-electron chi connectivity index (χ4n) is 1.81. The van der Waals surface area contributed by atoms with Crippen LogP contribution in [-0.4, -0.2) is 19.4 Å². The zero-order valence-corrected chi connectivity index (χ0v) is 12.5. The van der Waals surface area contributed by atoms with Crippen molar-refractivity contribution >= 4 is 11.9 Å². The highest BCUT2D eigenvalue weighted by atomic mass is 16.5. The molecule has 4 nitrogen and oxygen atoms in total. The second-order valence-corrected chi connectivity index (χ2v) is 4.81. The molecule has 0 radical (unpaired) electrons. The molecule has 2 aromatic rings. The van der Waals surface area contributed by atoms with Crippen molar-refractivity contribution in [1.82, 2.24) is 0 Å². The molecular formula is C17H20N2O2. The van der Waals surface area contributed by atoms with E-state index in [0.29, 0.717) is 5.75 Å². The zero-order chi connectivity index (χ0) is 15.1. The smallest absolute Gasteiger partial charge is 0.161 e. The van der Waals surface area contributed by atoms with Crippen molar-refractivity contribution < 1.29 is 9.47 Å². The van der Waals surface area contributed by atoms with Gasteiger partial charge in [0.1, 0.15) is 0 Å². The van der Waals surface area contributed by atoms with E-state index >= 15 is 0 Å². The van der Waals surface area contributed by atoms with Gasteiger partial charge in [0.15, 0.2) is 11.5 Å². The summed E-state index contributed by atoms with van der Waals surface area (Å²) in [6.07, 6.45) is 1.85. The summed E-state index contributed by atoms with van der Waals surface area (Å²) in [5.74, 6) is 1.44. The van der Waals surface area contributed by atoms with Gasteiger partial charge in [0, 0.05) is 0 Å². The van der Waals surface area contributed by atoms with Crippen LogP contribution in [0.2, 0.25) is 0 Å². The Morgan fingerprint density at radius 2 is 1.81 bits per heavy atom. The average molecular weight is 284 g/mol. The van der Waals surface area contributed by atoms with Gasteiger partial charge >= 0.3 is 0 Å². The van der Waals surface area contributed by atoms with Crippen LogP contribution >= 0.6 is 0 Å². The summed E-state index contributed by atoms with van der Waals surface area (Å²) in [5, 5.41) is 4.21. The maximum atomic E-state index is 5.68. The first-order chi connectivity index (χ1) is 10.2. The molecule has 2 rings (SSSR count). The summed E-state index contributed by atoms with van der Waals surface area (Å²) in [6, 6.07) is 15.5. The molecule has 0 bridgehead atoms. The largest absolute Gasteiger partial charge is 0.493 e. The molecule has 0 aromatic heterocycles. The molecule has 0 spiro atoms. The van der Waals surface area contributed by atoms with Crippen molar-refractivity contribution in [1.29, 1.82) is 0 Å². The fraction of sp³-hybridized carbons (Fsp3) is 0.235. The lowest BCUT2D eigenvalue weighted by atomic mass is 10.2. The summed E-state index contributed by atoms with van der Waals surface area (Å²) in [4.78, 5) is 0. The monoisotopic (exact) mass is 284 g/mol. The molecule has 0 aliphatic carbocycles. The topological polar surface area (TPSA) is 42.8 Å². The molecule has 0 aliphatic heterocycles. The van der Waals surface area contributed by atoms with Crippen molar-refractivity contribution in [3.8, 4) is 11.5 Å². The molecule has 0 amide bonds. The molecular weight excluding hydrogens is 264 g/mol. The molecule has 0 saturated heterocycles. The normalized spacial score (nSPS) is 10.9. The van der Waals surface area contributed by atoms with E-state index in [4.69, 9.17) is 9.47 Å². The van der Waals surface area contributed by atoms with Crippen molar-refractivity contribution in [3.63, 3.8) is 0 Å². The van der Waals surface area contributed by atoms with E-state index in [1.165, 1.54) is 0 Å². The molecule has 0 saturated carbocycles. The van der Waals surface area contributed by atoms with Crippen LogP contribution in [-0.2, 0) is 0 Å². The van der Waals surface area contributed by atoms with E-state index in [0.717, 1.165) is 17.0 Å². The Morgan fingerprint density at radius 1 is 1.05 bits per heavy atom. The third-order valence-corrected chi connectivity index (χ3v) is 2.73. The van der Waals surface area contributed by atoms with E-state index in [1.807, 2.05) is 62.4 Å². The number of hydrogen-bond acceptors (Lipinski definition) is 4. The maximum absolute atomic E-state index is 5.68. The highest BCUT2D eigenvalue weighted by Crippen LogP contribution is 2.28. The van der Waals surface area contributed by atoms with Gasteiger partial charge in [-0.2, -0.15) is 5.10 Å². The Labute approximate surface area is 125 Å². The minimum atomic E-state index is 0.109. The Balaban J connectivity index is 2.06. The van der Waals surface area contributed by atoms with Gasteiger partial charge in [0.05, 0.1) is 25.1 Å². The summed E-state index contributed by atoms with van der Waals surface area (Å²) in [6.45, 7) is 3.97. The number of hydrazone groups is 1. The minimum absolute atomic E-state index is 0.109. The van der Waals surface area contributed by atoms with Crippen LogP contribution in [0.1, 0.15) is 19.4 Å². The van der Waals surface area contributed by atoms with Crippen LogP contribution in [0.25, 0.3) is 0 Å². The first-order valence-electron chi connectivity index (χ1n) is 6.88. The SMILES string of the molecule is COc1cc(C=NNc2ccccc2)ccc1OC(C)C. The number of nitrogens with zero attached hydrogens (tertiary/aromatic N) is 1. The predicted octanol–water partition coefficient (Wildman–Crippen LogP) is 3.93. The van der Waals surface area contributed by atoms with Crippen molar-refractivity contribution in [2.45, 2.75) is 20.0 Å². The molecule has 21 heavy (non-hydrogen) atoms. The van der Waals surface area contributed by atoms with E-state index in [9.17, 15) is 0 Å². The van der Waals surface area contributed by atoms with Gasteiger partial charge in [-0.3, -0.25) is 5.43 Å². The van der Waals surface area contributed by atoms with Crippen LogP contribution in [0, 0.1) is 0 Å². The van der Waals surface area contributed by atoms with E-state index in [1.54, 1.807) is 13.3 Å². The van der Waals surface area contributed by atoms with Gasteiger partial charge in [0.2, 0.25) is 0 Å². The lowest BCUT2D eigenvalue weighted by Gasteiger charge is -2.13. The van der Waals surface area contributed by atoms with Crippen molar-refractivity contribution in [2.75, 3.05) is 12.5 Å². The number of hydrogen-bond donors (Lipinski definition) is 1. The Morgan fingerprint density at radius 3 is 2.48 bits per heavy atom. The summed E-state index contributed by atoms with van der Waals surface area (Å²) < 4.78 is 11.0. The molecule has 0 fully saturated rings. The molecule has 0 aliphatic rings. The molecule has 2 aromatic carbocycles. The average Bonchev–Trinajstić information content (AvgIpc) is 2.49. The second-order valence-electron chi connectivity index (χ2n) is 4.81. The van der Waals surface area contributed by atoms with Gasteiger partial charge < -0.3 is 9.47 Å². The number of ether oxygens (including phenoxy) is 2. The minimum Gasteiger partial charge on any atom is -0.493 e. The van der Waals surface area contributed by atoms with Gasteiger partial charge in [-0.15, -0.1) is 0 Å². The predicted molar refractivity (Wildman–Crippen MR) is 86.4 cm³/mol. The maximum Gasteiger partial charge on any atom is 0.161 e. The Kier molecular flexibility index (Phi) is 5.21. The molecule has 4 heteroatoms. The summed E-state index contributed by atoms with van der Waals surface area (Å²) in [5.41, 5.74) is 4.86. The van der Waals surface area contributed by atoms with Crippen LogP contribution in [0.4, 0.5) is 5.69 Å². The number of para-hydroxylation sites is 1. The van der Waals surface area contributed by atoms with Crippen LogP contribution < -0.4 is 14.9 Å². The second kappa shape index (κ2) is 7.33. The molecule has 110 valence electrons. The highest BCUT2D eigenvalue weighted by molar-refractivity contribution is 5.81. The summed E-state index contributed by atoms with van der Waals surface area (Å²) in [7, 11) is 1.63. The van der Waals surface area contributed by atoms with E-state index < -0.39 is 0 Å². The number of anilines is 1. The van der Waals surface area contributed by atoms with E-state index in [2.05, 4.69) is 10.5 Å². The molecule has 0 atom stereocenters. The number of benzene rings is 2. The Bertz CT molecular complexity index is 595. The van der Waals surface area contributed by atoms with Gasteiger partial charge in [-0.25, -0.2) is 0 Å². The molecule has 0 heterocycles. The van der Waals surface area contributed by atoms with Crippen molar-refractivity contribution in [3.05, 3.63) is 54.1 Å². The number of nitrogens with one attached hydrogen (secondary N) is 1. The lowest BCUT2D eigenvalue weighted by molar-refractivity contribution is 0.230. The van der Waals surface area contributed by atoms with Gasteiger partial charge in [-0.05, 0) is 49.7 Å². The van der Waals surface area contributed by atoms with Gasteiger partial charge in [0.25, 0.3) is 0 Å². The van der Waals surface area contributed by atoms with Crippen molar-refractivity contribution in [2.24, 2.45) is 5.10 Å². The third kappa shape index (κ3) is 4.53. The Hall–Kier alpha value is -2.49. The zero-order valence-electron chi connectivity index (χ0n) is 12.5. The number of rotatable bonds is 6. The standard InChI is InChI=1S/C17H20N2O2/c1-13(2)21-16-10-9-14(11-17(16)20-3)12-18-19-15-7-5-4-6-8-15/h4-13,19H,1-3H3. The summed E-state index contributed by atoms with van der Waals surface area (Å²) >= 11 is 0. The molecule has 0 unspecified atom stereocenters. The third-order valence-electron chi connectivity index (χ3n) is 2.73. The highest BCUT2D eigenvalue weighted by Gasteiger charge is 2.06. The van der Waals surface area contributed by atoms with Crippen LogP contribution in [0.3, 0.4) is 0 Å². The number of methoxy groups -OCH3 is 1. The van der Waals surface area contributed by atoms with Crippen LogP contribution in [0.15, 0.2) is 53.6 Å². The van der Waals surface area contributed by atoms with Gasteiger partial charge in [-0.1, -0.05) is 18.2 Å². The van der Waals surface area contributed by atoms with Crippen LogP contribution in [0.5, 0.6) is 11.5 Å². The van der Waals surface area contributed by atoms with E-state index in [-0.39, 0.29) is 6.10 Å².